The molecule has 21 heavy (non-hydrogen) atoms. The lowest BCUT2D eigenvalue weighted by molar-refractivity contribution is -0.903. The molecule has 2 aliphatic heterocycles. The van der Waals surface area contributed by atoms with Crippen LogP contribution in [0.25, 0.3) is 0 Å². The van der Waals surface area contributed by atoms with Crippen molar-refractivity contribution >= 4 is 17.4 Å². The molecule has 0 spiro atoms. The smallest absolute Gasteiger partial charge is 0.299 e. The van der Waals surface area contributed by atoms with E-state index in [4.69, 9.17) is 0 Å². The Hall–Kier alpha value is -1.68. The van der Waals surface area contributed by atoms with Gasteiger partial charge in [0.25, 0.3) is 11.7 Å². The van der Waals surface area contributed by atoms with Crippen molar-refractivity contribution < 1.29 is 14.5 Å². The monoisotopic (exact) mass is 287 g/mol. The maximum absolute atomic E-state index is 12.2. The molecule has 1 amide bonds. The zero-order chi connectivity index (χ0) is 14.8. The van der Waals surface area contributed by atoms with Crippen molar-refractivity contribution in [1.82, 2.24) is 0 Å². The number of rotatable bonds is 4. The van der Waals surface area contributed by atoms with Gasteiger partial charge in [-0.2, -0.15) is 0 Å². The highest BCUT2D eigenvalue weighted by molar-refractivity contribution is 6.52. The van der Waals surface area contributed by atoms with Crippen molar-refractivity contribution in [2.75, 3.05) is 31.1 Å². The second-order valence-corrected chi connectivity index (χ2v) is 6.05. The number of aryl methyl sites for hydroxylation is 1. The average molecular weight is 287 g/mol. The molecule has 0 aromatic heterocycles. The predicted octanol–water partition coefficient (Wildman–Crippen LogP) is 0.847. The molecule has 2 aliphatic rings. The van der Waals surface area contributed by atoms with Crippen LogP contribution in [0.2, 0.25) is 0 Å². The molecule has 1 N–H and O–H groups in total. The van der Waals surface area contributed by atoms with Gasteiger partial charge < -0.3 is 4.90 Å². The molecule has 4 nitrogen and oxygen atoms in total. The third-order valence-corrected chi connectivity index (χ3v) is 4.69. The number of ketones is 1. The van der Waals surface area contributed by atoms with Gasteiger partial charge in [0.15, 0.2) is 0 Å². The van der Waals surface area contributed by atoms with Gasteiger partial charge in [-0.3, -0.25) is 14.5 Å². The van der Waals surface area contributed by atoms with Gasteiger partial charge in [-0.25, -0.2) is 0 Å². The Morgan fingerprint density at radius 1 is 1.14 bits per heavy atom. The number of hydrogen-bond acceptors (Lipinski definition) is 2. The van der Waals surface area contributed by atoms with Crippen LogP contribution in [0.4, 0.5) is 5.69 Å². The molecule has 0 radical (unpaired) electrons. The molecule has 4 heteroatoms. The summed E-state index contributed by atoms with van der Waals surface area (Å²) in [6, 6.07) is 5.83. The van der Waals surface area contributed by atoms with E-state index in [-0.39, 0.29) is 11.7 Å². The van der Waals surface area contributed by atoms with Crippen LogP contribution in [0, 0.1) is 0 Å². The standard InChI is InChI=1S/C17H22N2O2/c1-2-13-6-7-15-14(12-13)16(20)17(21)19(15)11-10-18-8-4-3-5-9-18/h6-7,12H,2-5,8-11H2,1H3/p+1. The second-order valence-electron chi connectivity index (χ2n) is 6.05. The lowest BCUT2D eigenvalue weighted by atomic mass is 10.1. The number of hydrogen-bond donors (Lipinski definition) is 1. The molecule has 1 fully saturated rings. The summed E-state index contributed by atoms with van der Waals surface area (Å²) in [4.78, 5) is 27.6. The number of anilines is 1. The zero-order valence-electron chi connectivity index (χ0n) is 12.7. The van der Waals surface area contributed by atoms with Gasteiger partial charge in [-0.15, -0.1) is 0 Å². The average Bonchev–Trinajstić information content (AvgIpc) is 2.77. The molecule has 2 heterocycles. The summed E-state index contributed by atoms with van der Waals surface area (Å²) in [6.07, 6.45) is 4.76. The number of Topliss-reactive ketones (excluding diaryl/α,β-unsaturated/α-hetero) is 1. The summed E-state index contributed by atoms with van der Waals surface area (Å²) < 4.78 is 0. The van der Waals surface area contributed by atoms with Gasteiger partial charge in [0.1, 0.15) is 0 Å². The van der Waals surface area contributed by atoms with Crippen LogP contribution in [-0.4, -0.2) is 37.9 Å². The first-order valence-electron chi connectivity index (χ1n) is 8.03. The molecular formula is C17H23N2O2+. The first kappa shape index (κ1) is 14.3. The fraction of sp³-hybridized carbons (Fsp3) is 0.529. The van der Waals surface area contributed by atoms with Gasteiger partial charge >= 0.3 is 0 Å². The molecule has 0 atom stereocenters. The fourth-order valence-electron chi connectivity index (χ4n) is 3.36. The normalized spacial score (nSPS) is 19.2. The van der Waals surface area contributed by atoms with Crippen LogP contribution in [0.15, 0.2) is 18.2 Å². The lowest BCUT2D eigenvalue weighted by Gasteiger charge is -2.25. The van der Waals surface area contributed by atoms with E-state index in [2.05, 4.69) is 6.92 Å². The van der Waals surface area contributed by atoms with Crippen molar-refractivity contribution in [3.63, 3.8) is 0 Å². The Bertz CT molecular complexity index is 562. The van der Waals surface area contributed by atoms with Crippen molar-refractivity contribution in [2.45, 2.75) is 32.6 Å². The Morgan fingerprint density at radius 2 is 1.90 bits per heavy atom. The first-order chi connectivity index (χ1) is 10.2. The minimum Gasteiger partial charge on any atom is -0.333 e. The van der Waals surface area contributed by atoms with Crippen LogP contribution in [0.5, 0.6) is 0 Å². The van der Waals surface area contributed by atoms with Crippen LogP contribution in [0.3, 0.4) is 0 Å². The van der Waals surface area contributed by atoms with Crippen LogP contribution >= 0.6 is 0 Å². The van der Waals surface area contributed by atoms with Crippen molar-refractivity contribution in [1.29, 1.82) is 0 Å². The van der Waals surface area contributed by atoms with E-state index in [1.54, 1.807) is 9.80 Å². The third kappa shape index (κ3) is 2.72. The Balaban J connectivity index is 1.74. The molecule has 0 unspecified atom stereocenters. The molecule has 1 aromatic rings. The lowest BCUT2D eigenvalue weighted by Crippen LogP contribution is -3.13. The highest BCUT2D eigenvalue weighted by atomic mass is 16.2. The number of carbonyl (C=O) groups excluding carboxylic acids is 2. The summed E-state index contributed by atoms with van der Waals surface area (Å²) in [5.41, 5.74) is 2.50. The number of benzene rings is 1. The molecule has 3 rings (SSSR count). The Labute approximate surface area is 125 Å². The van der Waals surface area contributed by atoms with Gasteiger partial charge in [-0.05, 0) is 43.4 Å². The number of piperidine rings is 1. The number of fused-ring (bicyclic) bond motifs is 1. The zero-order valence-corrected chi connectivity index (χ0v) is 12.7. The Morgan fingerprint density at radius 3 is 2.62 bits per heavy atom. The van der Waals surface area contributed by atoms with Crippen LogP contribution in [0.1, 0.15) is 42.1 Å². The molecule has 0 saturated carbocycles. The van der Waals surface area contributed by atoms with E-state index >= 15 is 0 Å². The number of nitrogens with zero attached hydrogens (tertiary/aromatic N) is 1. The number of likely N-dealkylation sites (tertiary alicyclic amines) is 1. The summed E-state index contributed by atoms with van der Waals surface area (Å²) in [7, 11) is 0. The maximum atomic E-state index is 12.2. The first-order valence-corrected chi connectivity index (χ1v) is 8.03. The van der Waals surface area contributed by atoms with Gasteiger partial charge in [0.2, 0.25) is 0 Å². The second kappa shape index (κ2) is 5.98. The van der Waals surface area contributed by atoms with E-state index < -0.39 is 0 Å². The predicted molar refractivity (Wildman–Crippen MR) is 81.9 cm³/mol. The topological polar surface area (TPSA) is 41.8 Å². The van der Waals surface area contributed by atoms with Gasteiger partial charge in [-0.1, -0.05) is 13.0 Å². The molecule has 112 valence electrons. The minimum atomic E-state index is -0.352. The largest absolute Gasteiger partial charge is 0.333 e. The minimum absolute atomic E-state index is 0.339. The van der Waals surface area contributed by atoms with Crippen LogP contribution < -0.4 is 9.80 Å². The van der Waals surface area contributed by atoms with E-state index in [1.807, 2.05) is 18.2 Å². The summed E-state index contributed by atoms with van der Waals surface area (Å²) >= 11 is 0. The number of nitrogens with one attached hydrogen (secondary N) is 1. The maximum Gasteiger partial charge on any atom is 0.299 e. The third-order valence-electron chi connectivity index (χ3n) is 4.69. The summed E-state index contributed by atoms with van der Waals surface area (Å²) in [6.45, 7) is 6.03. The SMILES string of the molecule is CCc1ccc2c(c1)C(=O)C(=O)N2CC[NH+]1CCCCC1. The van der Waals surface area contributed by atoms with Crippen molar-refractivity contribution in [2.24, 2.45) is 0 Å². The number of amides is 1. The summed E-state index contributed by atoms with van der Waals surface area (Å²) in [5.74, 6) is -0.691. The Kier molecular flexibility index (Phi) is 4.06. The molecule has 1 aromatic carbocycles. The van der Waals surface area contributed by atoms with E-state index in [1.165, 1.54) is 32.4 Å². The summed E-state index contributed by atoms with van der Waals surface area (Å²) in [5, 5.41) is 0. The molecular weight excluding hydrogens is 264 g/mol. The number of quaternary nitrogens is 1. The van der Waals surface area contributed by atoms with Crippen LogP contribution in [-0.2, 0) is 11.2 Å². The van der Waals surface area contributed by atoms with E-state index in [9.17, 15) is 9.59 Å². The van der Waals surface area contributed by atoms with Gasteiger partial charge in [0, 0.05) is 0 Å². The molecule has 0 aliphatic carbocycles. The quantitative estimate of drug-likeness (QED) is 0.834. The fourth-order valence-corrected chi connectivity index (χ4v) is 3.36. The molecule has 1 saturated heterocycles. The van der Waals surface area contributed by atoms with Crippen molar-refractivity contribution in [3.05, 3.63) is 29.3 Å². The highest BCUT2D eigenvalue weighted by Crippen LogP contribution is 2.29. The van der Waals surface area contributed by atoms with E-state index in [0.29, 0.717) is 12.1 Å². The van der Waals surface area contributed by atoms with E-state index in [0.717, 1.165) is 24.2 Å². The highest BCUT2D eigenvalue weighted by Gasteiger charge is 2.36. The number of carbonyl (C=O) groups is 2. The van der Waals surface area contributed by atoms with Gasteiger partial charge in [0.05, 0.1) is 37.4 Å². The van der Waals surface area contributed by atoms with Crippen molar-refractivity contribution in [3.8, 4) is 0 Å². The molecule has 0 bridgehead atoms.